The van der Waals surface area contributed by atoms with Crippen molar-refractivity contribution in [2.24, 2.45) is 0 Å². The SMILES string of the molecule is CP(C)c1ccccc1.c1ccc(-c2ccccc2)cc1.c1ccc(-c2ccccc2)cc1. The molecule has 164 valence electrons. The van der Waals surface area contributed by atoms with E-state index < -0.39 is 0 Å². The van der Waals surface area contributed by atoms with Crippen LogP contribution in [0.4, 0.5) is 0 Å². The second-order valence-corrected chi connectivity index (χ2v) is 10.00. The van der Waals surface area contributed by atoms with E-state index in [1.54, 1.807) is 0 Å². The molecule has 0 spiro atoms. The predicted octanol–water partition coefficient (Wildman–Crippen LogP) is 8.76. The van der Waals surface area contributed by atoms with Crippen LogP contribution in [0.3, 0.4) is 0 Å². The molecule has 0 aliphatic heterocycles. The van der Waals surface area contributed by atoms with Crippen LogP contribution in [0.5, 0.6) is 0 Å². The zero-order valence-electron chi connectivity index (χ0n) is 19.4. The maximum Gasteiger partial charge on any atom is -0.0184 e. The van der Waals surface area contributed by atoms with Gasteiger partial charge in [-0.25, -0.2) is 0 Å². The number of hydrogen-bond donors (Lipinski definition) is 0. The van der Waals surface area contributed by atoms with Gasteiger partial charge in [0.2, 0.25) is 0 Å². The molecule has 1 heteroatoms. The van der Waals surface area contributed by atoms with E-state index in [-0.39, 0.29) is 7.92 Å². The highest BCUT2D eigenvalue weighted by Crippen LogP contribution is 2.22. The van der Waals surface area contributed by atoms with Gasteiger partial charge in [-0.2, -0.15) is 0 Å². The molecule has 0 aliphatic carbocycles. The molecule has 0 aromatic heterocycles. The second kappa shape index (κ2) is 13.8. The molecule has 0 radical (unpaired) electrons. The standard InChI is InChI=1S/2C12H10.C8H11P/c2*1-3-7-11(8-4-1)12-9-5-2-6-10-12;1-9(2)8-6-4-3-5-7-8/h2*1-10H;3-7H,1-2H3. The fourth-order valence-corrected chi connectivity index (χ4v) is 4.02. The van der Waals surface area contributed by atoms with Gasteiger partial charge in [0.1, 0.15) is 0 Å². The van der Waals surface area contributed by atoms with Gasteiger partial charge in [0, 0.05) is 0 Å². The van der Waals surface area contributed by atoms with Crippen LogP contribution in [0.15, 0.2) is 152 Å². The summed E-state index contributed by atoms with van der Waals surface area (Å²) in [6, 6.07) is 52.2. The average Bonchev–Trinajstić information content (AvgIpc) is 2.92. The van der Waals surface area contributed by atoms with Gasteiger partial charge < -0.3 is 0 Å². The molecule has 5 rings (SSSR count). The molecule has 0 saturated carbocycles. The highest BCUT2D eigenvalue weighted by atomic mass is 31.1. The lowest BCUT2D eigenvalue weighted by Crippen LogP contribution is -1.95. The highest BCUT2D eigenvalue weighted by Gasteiger charge is 1.93. The summed E-state index contributed by atoms with van der Waals surface area (Å²) in [4.78, 5) is 0. The Morgan fingerprint density at radius 2 is 0.515 bits per heavy atom. The molecule has 0 unspecified atom stereocenters. The fraction of sp³-hybridized carbons (Fsp3) is 0.0625. The summed E-state index contributed by atoms with van der Waals surface area (Å²) in [5, 5.41) is 1.48. The van der Waals surface area contributed by atoms with Crippen LogP contribution in [0.1, 0.15) is 0 Å². The van der Waals surface area contributed by atoms with Crippen LogP contribution in [0, 0.1) is 0 Å². The Bertz CT molecular complexity index is 988. The molecule has 0 amide bonds. The molecule has 0 aliphatic rings. The van der Waals surface area contributed by atoms with Gasteiger partial charge in [-0.3, -0.25) is 0 Å². The van der Waals surface area contributed by atoms with Crippen molar-refractivity contribution < 1.29 is 0 Å². The third kappa shape index (κ3) is 8.53. The monoisotopic (exact) mass is 446 g/mol. The Morgan fingerprint density at radius 3 is 0.697 bits per heavy atom. The first kappa shape index (κ1) is 24.2. The summed E-state index contributed by atoms with van der Waals surface area (Å²) < 4.78 is 0. The molecule has 0 bridgehead atoms. The van der Waals surface area contributed by atoms with Crippen molar-refractivity contribution in [3.8, 4) is 22.3 Å². The minimum Gasteiger partial charge on any atom is -0.0817 e. The predicted molar refractivity (Wildman–Crippen MR) is 149 cm³/mol. The van der Waals surface area contributed by atoms with E-state index in [4.69, 9.17) is 0 Å². The van der Waals surface area contributed by atoms with E-state index in [0.29, 0.717) is 0 Å². The lowest BCUT2D eigenvalue weighted by Gasteiger charge is -2.02. The summed E-state index contributed by atoms with van der Waals surface area (Å²) in [5.74, 6) is 0. The van der Waals surface area contributed by atoms with Gasteiger partial charge in [-0.05, 0) is 40.9 Å². The topological polar surface area (TPSA) is 0 Å². The van der Waals surface area contributed by atoms with E-state index in [9.17, 15) is 0 Å². The van der Waals surface area contributed by atoms with Gasteiger partial charge in [0.05, 0.1) is 0 Å². The summed E-state index contributed by atoms with van der Waals surface area (Å²) in [7, 11) is 0.104. The number of benzene rings is 5. The first-order valence-corrected chi connectivity index (χ1v) is 13.4. The van der Waals surface area contributed by atoms with E-state index in [0.717, 1.165) is 0 Å². The van der Waals surface area contributed by atoms with Crippen LogP contribution >= 0.6 is 7.92 Å². The molecule has 0 heterocycles. The normalized spacial score (nSPS) is 9.79. The molecular formula is C32H31P. The number of rotatable bonds is 3. The van der Waals surface area contributed by atoms with Gasteiger partial charge in [0.25, 0.3) is 0 Å². The minimum absolute atomic E-state index is 0.104. The third-order valence-corrected chi connectivity index (χ3v) is 6.37. The Labute approximate surface area is 200 Å². The van der Waals surface area contributed by atoms with Crippen LogP contribution in [-0.2, 0) is 0 Å². The smallest absolute Gasteiger partial charge is 0.0184 e. The van der Waals surface area contributed by atoms with E-state index in [1.807, 2.05) is 24.3 Å². The summed E-state index contributed by atoms with van der Waals surface area (Å²) in [6.45, 7) is 4.54. The zero-order valence-corrected chi connectivity index (χ0v) is 20.3. The van der Waals surface area contributed by atoms with Crippen molar-refractivity contribution in [1.29, 1.82) is 0 Å². The first-order chi connectivity index (χ1) is 16.2. The minimum atomic E-state index is 0.104. The van der Waals surface area contributed by atoms with Gasteiger partial charge in [-0.1, -0.05) is 160 Å². The molecule has 5 aromatic rings. The fourth-order valence-electron chi connectivity index (χ4n) is 3.25. The maximum absolute atomic E-state index is 2.27. The Morgan fingerprint density at radius 1 is 0.303 bits per heavy atom. The maximum atomic E-state index is 2.27. The molecule has 33 heavy (non-hydrogen) atoms. The van der Waals surface area contributed by atoms with Crippen molar-refractivity contribution >= 4 is 13.2 Å². The van der Waals surface area contributed by atoms with Crippen LogP contribution in [0.25, 0.3) is 22.3 Å². The average molecular weight is 447 g/mol. The van der Waals surface area contributed by atoms with E-state index >= 15 is 0 Å². The largest absolute Gasteiger partial charge is 0.0817 e. The Hall–Kier alpha value is -3.47. The molecular weight excluding hydrogens is 415 g/mol. The van der Waals surface area contributed by atoms with Crippen molar-refractivity contribution in [3.05, 3.63) is 152 Å². The molecule has 5 aromatic carbocycles. The van der Waals surface area contributed by atoms with Crippen LogP contribution in [-0.4, -0.2) is 13.3 Å². The summed E-state index contributed by atoms with van der Waals surface area (Å²) >= 11 is 0. The zero-order chi connectivity index (χ0) is 23.1. The highest BCUT2D eigenvalue weighted by molar-refractivity contribution is 7.64. The molecule has 0 fully saturated rings. The molecule has 0 nitrogen and oxygen atoms in total. The molecule has 0 saturated heterocycles. The Kier molecular flexibility index (Phi) is 10.1. The lowest BCUT2D eigenvalue weighted by atomic mass is 10.1. The van der Waals surface area contributed by atoms with Crippen molar-refractivity contribution in [2.45, 2.75) is 0 Å². The second-order valence-electron chi connectivity index (χ2n) is 7.69. The first-order valence-electron chi connectivity index (χ1n) is 11.2. The third-order valence-electron chi connectivity index (χ3n) is 5.03. The van der Waals surface area contributed by atoms with Gasteiger partial charge in [-0.15, -0.1) is 0 Å². The molecule has 0 N–H and O–H groups in total. The Balaban J connectivity index is 0.000000141. The van der Waals surface area contributed by atoms with E-state index in [1.165, 1.54) is 27.6 Å². The van der Waals surface area contributed by atoms with Crippen molar-refractivity contribution in [2.75, 3.05) is 13.3 Å². The number of hydrogen-bond acceptors (Lipinski definition) is 0. The van der Waals surface area contributed by atoms with Crippen molar-refractivity contribution in [3.63, 3.8) is 0 Å². The quantitative estimate of drug-likeness (QED) is 0.243. The van der Waals surface area contributed by atoms with Crippen LogP contribution in [0.2, 0.25) is 0 Å². The van der Waals surface area contributed by atoms with Gasteiger partial charge >= 0.3 is 0 Å². The lowest BCUT2D eigenvalue weighted by molar-refractivity contribution is 1.62. The van der Waals surface area contributed by atoms with Crippen molar-refractivity contribution in [1.82, 2.24) is 0 Å². The van der Waals surface area contributed by atoms with Gasteiger partial charge in [0.15, 0.2) is 0 Å². The van der Waals surface area contributed by atoms with E-state index in [2.05, 4.69) is 141 Å². The summed E-state index contributed by atoms with van der Waals surface area (Å²) in [6.07, 6.45) is 0. The molecule has 0 atom stereocenters. The summed E-state index contributed by atoms with van der Waals surface area (Å²) in [5.41, 5.74) is 5.10. The van der Waals surface area contributed by atoms with Crippen LogP contribution < -0.4 is 5.30 Å².